The van der Waals surface area contributed by atoms with Gasteiger partial charge < -0.3 is 9.66 Å². The van der Waals surface area contributed by atoms with Crippen molar-refractivity contribution in [3.8, 4) is 0 Å². The van der Waals surface area contributed by atoms with Gasteiger partial charge >= 0.3 is 22.6 Å². The second-order valence-electron chi connectivity index (χ2n) is 6.84. The van der Waals surface area contributed by atoms with Gasteiger partial charge in [-0.1, -0.05) is 103 Å². The van der Waals surface area contributed by atoms with Gasteiger partial charge in [0.1, 0.15) is 0 Å². The van der Waals surface area contributed by atoms with Gasteiger partial charge in [-0.15, -0.1) is 0 Å². The van der Waals surface area contributed by atoms with E-state index in [0.717, 1.165) is 27.8 Å². The Kier molecular flexibility index (Phi) is 8.69. The zero-order chi connectivity index (χ0) is 23.4. The molecule has 0 heterocycles. The number of fused-ring (bicyclic) bond motifs is 1. The summed E-state index contributed by atoms with van der Waals surface area (Å²) in [7, 11) is -6.09. The molecule has 175 valence electrons. The molecule has 0 fully saturated rings. The summed E-state index contributed by atoms with van der Waals surface area (Å²) in [5, 5.41) is 13.3. The predicted molar refractivity (Wildman–Crippen MR) is 114 cm³/mol. The van der Waals surface area contributed by atoms with Crippen LogP contribution in [0, 0.1) is 0 Å². The molecule has 4 nitrogen and oxygen atoms in total. The van der Waals surface area contributed by atoms with Gasteiger partial charge in [0, 0.05) is 5.92 Å². The Morgan fingerprint density at radius 2 is 1.30 bits per heavy atom. The molecule has 33 heavy (non-hydrogen) atoms. The average Bonchev–Trinajstić information content (AvgIpc) is 2.78. The summed E-state index contributed by atoms with van der Waals surface area (Å²) in [6.45, 7) is 0. The summed E-state index contributed by atoms with van der Waals surface area (Å²) < 4.78 is 58.9. The van der Waals surface area contributed by atoms with Crippen molar-refractivity contribution in [3.05, 3.63) is 113 Å². The fraction of sp³-hybridized carbons (Fsp3) is 0.0833. The van der Waals surface area contributed by atoms with Crippen LogP contribution in [-0.2, 0) is 27.2 Å². The van der Waals surface area contributed by atoms with Crippen LogP contribution in [0.2, 0.25) is 0 Å². The summed E-state index contributed by atoms with van der Waals surface area (Å²) in [5.74, 6) is 0.0788. The van der Waals surface area contributed by atoms with Crippen molar-refractivity contribution in [1.29, 1.82) is 0 Å². The minimum atomic E-state index is -6.09. The molecule has 1 aliphatic rings. The number of halogens is 3. The van der Waals surface area contributed by atoms with E-state index in [9.17, 15) is 18.3 Å². The van der Waals surface area contributed by atoms with Crippen molar-refractivity contribution < 1.29 is 48.3 Å². The Morgan fingerprint density at radius 3 is 1.85 bits per heavy atom. The van der Waals surface area contributed by atoms with Gasteiger partial charge in [-0.05, 0) is 27.8 Å². The topological polar surface area (TPSA) is 80.3 Å². The van der Waals surface area contributed by atoms with Gasteiger partial charge in [0.15, 0.2) is 10.1 Å². The SMILES string of the molecule is O=S(=O)([O-])C(F)(F)F.[Cu+2].[O-]/C(=C1/c2ccccc2C=CC1c1ccccc1)c1ccccc1. The van der Waals surface area contributed by atoms with E-state index in [4.69, 9.17) is 13.0 Å². The van der Waals surface area contributed by atoms with E-state index in [0.29, 0.717) is 0 Å². The van der Waals surface area contributed by atoms with Crippen molar-refractivity contribution >= 4 is 27.5 Å². The Hall–Kier alpha value is -2.84. The summed E-state index contributed by atoms with van der Waals surface area (Å²) in [5.41, 5.74) is -0.786. The first kappa shape index (κ1) is 26.4. The zero-order valence-electron chi connectivity index (χ0n) is 16.8. The van der Waals surface area contributed by atoms with Crippen LogP contribution in [0.1, 0.15) is 28.2 Å². The van der Waals surface area contributed by atoms with Gasteiger partial charge in [0.2, 0.25) is 0 Å². The number of rotatable bonds is 2. The minimum absolute atomic E-state index is 0. The molecule has 0 N–H and O–H groups in total. The van der Waals surface area contributed by atoms with E-state index in [1.54, 1.807) is 0 Å². The third-order valence-corrected chi connectivity index (χ3v) is 5.32. The maximum absolute atomic E-state index is 13.3. The van der Waals surface area contributed by atoms with E-state index in [-0.39, 0.29) is 28.7 Å². The predicted octanol–water partition coefficient (Wildman–Crippen LogP) is 4.77. The van der Waals surface area contributed by atoms with Crippen LogP contribution in [0.4, 0.5) is 13.2 Å². The van der Waals surface area contributed by atoms with Crippen molar-refractivity contribution in [2.75, 3.05) is 0 Å². The fourth-order valence-electron chi connectivity index (χ4n) is 3.30. The smallest absolute Gasteiger partial charge is 0.872 e. The standard InChI is InChI=1S/C23H18O.CHF3O3S.Cu/c24-23(19-12-5-2-6-13-19)22-20-14-8-7-11-18(20)15-16-21(22)17-9-3-1-4-10-17;2-1(3,4)8(5,6)7;/h1-16,21,24H;(H,5,6,7);/q;;+2/p-2/b23-22-;;. The maximum atomic E-state index is 13.3. The Bertz CT molecular complexity index is 1240. The van der Waals surface area contributed by atoms with Crippen LogP contribution < -0.4 is 5.11 Å². The first-order chi connectivity index (χ1) is 15.1. The van der Waals surface area contributed by atoms with Crippen molar-refractivity contribution in [1.82, 2.24) is 0 Å². The normalized spacial score (nSPS) is 16.5. The number of benzene rings is 3. The molecule has 0 aromatic heterocycles. The first-order valence-corrected chi connectivity index (χ1v) is 10.8. The fourth-order valence-corrected chi connectivity index (χ4v) is 3.30. The summed E-state index contributed by atoms with van der Waals surface area (Å²) in [6.07, 6.45) is 4.25. The molecule has 1 atom stereocenters. The second-order valence-corrected chi connectivity index (χ2v) is 8.21. The number of allylic oxidation sites excluding steroid dienone is 2. The van der Waals surface area contributed by atoms with Crippen LogP contribution in [0.5, 0.6) is 0 Å². The molecule has 9 heteroatoms. The second kappa shape index (κ2) is 10.9. The Labute approximate surface area is 200 Å². The van der Waals surface area contributed by atoms with Crippen molar-refractivity contribution in [2.45, 2.75) is 11.4 Å². The third kappa shape index (κ3) is 6.36. The van der Waals surface area contributed by atoms with Crippen LogP contribution in [0.3, 0.4) is 0 Å². The summed E-state index contributed by atoms with van der Waals surface area (Å²) in [4.78, 5) is 0. The number of alkyl halides is 3. The quantitative estimate of drug-likeness (QED) is 0.210. The van der Waals surface area contributed by atoms with Crippen LogP contribution >= 0.6 is 0 Å². The van der Waals surface area contributed by atoms with Crippen LogP contribution in [0.25, 0.3) is 17.4 Å². The van der Waals surface area contributed by atoms with E-state index in [2.05, 4.69) is 30.4 Å². The third-order valence-electron chi connectivity index (χ3n) is 4.75. The van der Waals surface area contributed by atoms with E-state index >= 15 is 0 Å². The molecule has 0 amide bonds. The van der Waals surface area contributed by atoms with Crippen molar-refractivity contribution in [3.63, 3.8) is 0 Å². The van der Waals surface area contributed by atoms with Crippen LogP contribution in [-0.4, -0.2) is 18.5 Å². The monoisotopic (exact) mass is 521 g/mol. The van der Waals surface area contributed by atoms with Crippen molar-refractivity contribution in [2.24, 2.45) is 0 Å². The molecule has 0 aliphatic heterocycles. The molecule has 0 spiro atoms. The number of hydrogen-bond donors (Lipinski definition) is 0. The van der Waals surface area contributed by atoms with Gasteiger partial charge in [-0.25, -0.2) is 8.42 Å². The van der Waals surface area contributed by atoms with Gasteiger partial charge in [-0.2, -0.15) is 13.2 Å². The largest absolute Gasteiger partial charge is 2.00 e. The van der Waals surface area contributed by atoms with E-state index < -0.39 is 15.6 Å². The summed E-state index contributed by atoms with van der Waals surface area (Å²) in [6, 6.07) is 27.9. The molecule has 0 saturated carbocycles. The first-order valence-electron chi connectivity index (χ1n) is 9.41. The molecule has 1 radical (unpaired) electrons. The Morgan fingerprint density at radius 1 is 0.818 bits per heavy atom. The van der Waals surface area contributed by atoms with Crippen LogP contribution in [0.15, 0.2) is 91.0 Å². The molecule has 1 unspecified atom stereocenters. The van der Waals surface area contributed by atoms with Gasteiger partial charge in [0.05, 0.1) is 0 Å². The molecule has 0 bridgehead atoms. The molecular formula is C24H17CuF3O4S. The molecular weight excluding hydrogens is 505 g/mol. The minimum Gasteiger partial charge on any atom is -0.872 e. The molecule has 3 aromatic carbocycles. The van der Waals surface area contributed by atoms with Gasteiger partial charge in [-0.3, -0.25) is 0 Å². The molecule has 4 rings (SSSR count). The number of hydrogen-bond acceptors (Lipinski definition) is 4. The van der Waals surface area contributed by atoms with E-state index in [1.807, 2.05) is 66.7 Å². The van der Waals surface area contributed by atoms with E-state index in [1.165, 1.54) is 0 Å². The molecule has 3 aromatic rings. The Balaban J connectivity index is 0.000000372. The average molecular weight is 522 g/mol. The molecule has 0 saturated heterocycles. The zero-order valence-corrected chi connectivity index (χ0v) is 18.5. The molecule has 1 aliphatic carbocycles. The summed E-state index contributed by atoms with van der Waals surface area (Å²) >= 11 is 0. The maximum Gasteiger partial charge on any atom is 2.00 e. The van der Waals surface area contributed by atoms with Gasteiger partial charge in [0.25, 0.3) is 0 Å².